The molecule has 0 aliphatic heterocycles. The van der Waals surface area contributed by atoms with E-state index in [4.69, 9.17) is 4.74 Å². The van der Waals surface area contributed by atoms with Gasteiger partial charge >= 0.3 is 6.18 Å². The maximum atomic E-state index is 12.5. The van der Waals surface area contributed by atoms with Crippen molar-refractivity contribution in [3.05, 3.63) is 59.4 Å². The highest BCUT2D eigenvalue weighted by atomic mass is 19.4. The maximum Gasteiger partial charge on any atom is 0.433 e. The van der Waals surface area contributed by atoms with Crippen LogP contribution >= 0.6 is 0 Å². The van der Waals surface area contributed by atoms with Gasteiger partial charge in [0.15, 0.2) is 0 Å². The number of halogens is 3. The van der Waals surface area contributed by atoms with Gasteiger partial charge in [-0.05, 0) is 36.8 Å². The molecule has 1 amide bonds. The number of hydrogen-bond donors (Lipinski definition) is 0. The number of rotatable bonds is 5. The fourth-order valence-corrected chi connectivity index (χ4v) is 2.15. The lowest BCUT2D eigenvalue weighted by atomic mass is 10.1. The molecule has 0 radical (unpaired) electrons. The van der Waals surface area contributed by atoms with Crippen molar-refractivity contribution in [2.24, 2.45) is 0 Å². The first-order valence-electron chi connectivity index (χ1n) is 7.30. The van der Waals surface area contributed by atoms with Crippen LogP contribution < -0.4 is 4.74 Å². The minimum atomic E-state index is -4.52. The summed E-state index contributed by atoms with van der Waals surface area (Å²) >= 11 is 0. The Balaban J connectivity index is 2.12. The van der Waals surface area contributed by atoms with Gasteiger partial charge in [-0.15, -0.1) is 0 Å². The topological polar surface area (TPSA) is 42.4 Å². The highest BCUT2D eigenvalue weighted by molar-refractivity contribution is 5.93. The second-order valence-electron chi connectivity index (χ2n) is 5.10. The minimum Gasteiger partial charge on any atom is -0.497 e. The van der Waals surface area contributed by atoms with Gasteiger partial charge in [0.05, 0.1) is 12.7 Å². The number of benzene rings is 1. The second kappa shape index (κ2) is 7.33. The second-order valence-corrected chi connectivity index (χ2v) is 5.10. The molecule has 128 valence electrons. The molecule has 0 spiro atoms. The van der Waals surface area contributed by atoms with Crippen molar-refractivity contribution in [1.29, 1.82) is 0 Å². The molecular formula is C17H17F3N2O2. The summed E-state index contributed by atoms with van der Waals surface area (Å²) in [7, 11) is 1.56. The summed E-state index contributed by atoms with van der Waals surface area (Å²) in [6, 6.07) is 9.20. The van der Waals surface area contributed by atoms with E-state index in [0.717, 1.165) is 23.9 Å². The summed E-state index contributed by atoms with van der Waals surface area (Å²) in [5.74, 6) is 0.342. The molecule has 24 heavy (non-hydrogen) atoms. The molecule has 7 heteroatoms. The summed E-state index contributed by atoms with van der Waals surface area (Å²) in [6.45, 7) is 2.57. The Labute approximate surface area is 137 Å². The molecule has 0 saturated heterocycles. The molecule has 1 heterocycles. The largest absolute Gasteiger partial charge is 0.497 e. The molecule has 0 unspecified atom stereocenters. The number of alkyl halides is 3. The third kappa shape index (κ3) is 4.24. The predicted molar refractivity (Wildman–Crippen MR) is 82.6 cm³/mol. The first kappa shape index (κ1) is 17.8. The van der Waals surface area contributed by atoms with E-state index in [1.165, 1.54) is 4.90 Å². The lowest BCUT2D eigenvalue weighted by molar-refractivity contribution is -0.141. The Morgan fingerprint density at radius 2 is 1.83 bits per heavy atom. The number of hydrogen-bond acceptors (Lipinski definition) is 3. The van der Waals surface area contributed by atoms with Crippen LogP contribution in [0.3, 0.4) is 0 Å². The number of methoxy groups -OCH3 is 1. The fourth-order valence-electron chi connectivity index (χ4n) is 2.15. The van der Waals surface area contributed by atoms with E-state index in [-0.39, 0.29) is 11.5 Å². The van der Waals surface area contributed by atoms with Crippen LogP contribution in [0.25, 0.3) is 0 Å². The Morgan fingerprint density at radius 3 is 2.29 bits per heavy atom. The van der Waals surface area contributed by atoms with Crippen molar-refractivity contribution in [2.45, 2.75) is 19.6 Å². The van der Waals surface area contributed by atoms with E-state index < -0.39 is 11.9 Å². The summed E-state index contributed by atoms with van der Waals surface area (Å²) in [5.41, 5.74) is 0.00138. The lowest BCUT2D eigenvalue weighted by Gasteiger charge is -2.21. The van der Waals surface area contributed by atoms with Gasteiger partial charge in [-0.1, -0.05) is 12.1 Å². The van der Waals surface area contributed by atoms with E-state index in [1.54, 1.807) is 26.2 Å². The Bertz CT molecular complexity index is 682. The lowest BCUT2D eigenvalue weighted by Crippen LogP contribution is -2.30. The molecule has 1 aromatic carbocycles. The van der Waals surface area contributed by atoms with E-state index in [9.17, 15) is 18.0 Å². The van der Waals surface area contributed by atoms with Gasteiger partial charge in [0.2, 0.25) is 0 Å². The third-order valence-electron chi connectivity index (χ3n) is 3.50. The first-order valence-corrected chi connectivity index (χ1v) is 7.30. The molecule has 0 atom stereocenters. The highest BCUT2D eigenvalue weighted by Crippen LogP contribution is 2.27. The number of ether oxygens (including phenoxy) is 1. The summed E-state index contributed by atoms with van der Waals surface area (Å²) in [5, 5.41) is 0. The normalized spacial score (nSPS) is 11.2. The Kier molecular flexibility index (Phi) is 5.43. The molecule has 2 aromatic rings. The van der Waals surface area contributed by atoms with Crippen LogP contribution in [0.5, 0.6) is 5.75 Å². The van der Waals surface area contributed by atoms with Gasteiger partial charge in [0.25, 0.3) is 5.91 Å². The molecule has 4 nitrogen and oxygen atoms in total. The number of carbonyl (C=O) groups is 1. The Morgan fingerprint density at radius 1 is 1.17 bits per heavy atom. The predicted octanol–water partition coefficient (Wildman–Crippen LogP) is 3.77. The zero-order valence-electron chi connectivity index (χ0n) is 13.3. The SMILES string of the molecule is CCN(Cc1ccc(OC)cc1)C(=O)c1ccc(C(F)(F)F)nc1. The molecule has 0 aliphatic rings. The molecular weight excluding hydrogens is 321 g/mol. The van der Waals surface area contributed by atoms with Crippen molar-refractivity contribution in [2.75, 3.05) is 13.7 Å². The molecule has 0 saturated carbocycles. The summed E-state index contributed by atoms with van der Waals surface area (Å²) in [6.07, 6.45) is -3.56. The quantitative estimate of drug-likeness (QED) is 0.833. The average Bonchev–Trinajstić information content (AvgIpc) is 2.59. The molecule has 0 bridgehead atoms. The van der Waals surface area contributed by atoms with Crippen molar-refractivity contribution in [1.82, 2.24) is 9.88 Å². The van der Waals surface area contributed by atoms with Gasteiger partial charge in [-0.3, -0.25) is 9.78 Å². The van der Waals surface area contributed by atoms with Crippen molar-refractivity contribution >= 4 is 5.91 Å². The standard InChI is InChI=1S/C17H17F3N2O2/c1-3-22(11-12-4-7-14(24-2)8-5-12)16(23)13-6-9-15(21-10-13)17(18,19)20/h4-10H,3,11H2,1-2H3. The Hall–Kier alpha value is -2.57. The number of amides is 1. The van der Waals surface area contributed by atoms with E-state index >= 15 is 0 Å². The smallest absolute Gasteiger partial charge is 0.433 e. The van der Waals surface area contributed by atoms with Crippen molar-refractivity contribution < 1.29 is 22.7 Å². The van der Waals surface area contributed by atoms with Crippen LogP contribution in [0.15, 0.2) is 42.6 Å². The molecule has 0 aliphatic carbocycles. The van der Waals surface area contributed by atoms with Gasteiger partial charge in [0, 0.05) is 19.3 Å². The van der Waals surface area contributed by atoms with Crippen LogP contribution in [0.2, 0.25) is 0 Å². The fraction of sp³-hybridized carbons (Fsp3) is 0.294. The van der Waals surface area contributed by atoms with E-state index in [0.29, 0.717) is 18.8 Å². The van der Waals surface area contributed by atoms with Crippen LogP contribution in [-0.2, 0) is 12.7 Å². The first-order chi connectivity index (χ1) is 11.3. The zero-order valence-corrected chi connectivity index (χ0v) is 13.3. The minimum absolute atomic E-state index is 0.123. The van der Waals surface area contributed by atoms with Gasteiger partial charge < -0.3 is 9.64 Å². The van der Waals surface area contributed by atoms with Gasteiger partial charge in [-0.25, -0.2) is 0 Å². The molecule has 0 fully saturated rings. The summed E-state index contributed by atoms with van der Waals surface area (Å²) < 4.78 is 42.7. The van der Waals surface area contributed by atoms with E-state index in [2.05, 4.69) is 4.98 Å². The number of nitrogens with zero attached hydrogens (tertiary/aromatic N) is 2. The zero-order chi connectivity index (χ0) is 17.7. The molecule has 1 aromatic heterocycles. The summed E-state index contributed by atoms with van der Waals surface area (Å²) in [4.78, 5) is 17.3. The monoisotopic (exact) mass is 338 g/mol. The maximum absolute atomic E-state index is 12.5. The van der Waals surface area contributed by atoms with Crippen LogP contribution in [0, 0.1) is 0 Å². The van der Waals surface area contributed by atoms with Crippen LogP contribution in [0.1, 0.15) is 28.5 Å². The third-order valence-corrected chi connectivity index (χ3v) is 3.50. The highest BCUT2D eigenvalue weighted by Gasteiger charge is 2.32. The van der Waals surface area contributed by atoms with Gasteiger partial charge in [-0.2, -0.15) is 13.2 Å². The number of aromatic nitrogens is 1. The average molecular weight is 338 g/mol. The molecule has 2 rings (SSSR count). The molecule has 0 N–H and O–H groups in total. The van der Waals surface area contributed by atoms with Crippen molar-refractivity contribution in [3.63, 3.8) is 0 Å². The number of pyridine rings is 1. The van der Waals surface area contributed by atoms with Crippen LogP contribution in [-0.4, -0.2) is 29.4 Å². The van der Waals surface area contributed by atoms with Gasteiger partial charge in [0.1, 0.15) is 11.4 Å². The van der Waals surface area contributed by atoms with Crippen LogP contribution in [0.4, 0.5) is 13.2 Å². The van der Waals surface area contributed by atoms with Crippen molar-refractivity contribution in [3.8, 4) is 5.75 Å². The number of carbonyl (C=O) groups excluding carboxylic acids is 1. The van der Waals surface area contributed by atoms with E-state index in [1.807, 2.05) is 12.1 Å².